The molecule has 1 saturated heterocycles. The highest BCUT2D eigenvalue weighted by atomic mass is 19.4. The molecule has 0 aliphatic carbocycles. The van der Waals surface area contributed by atoms with Crippen molar-refractivity contribution < 1.29 is 18.0 Å². The minimum atomic E-state index is -4.64. The van der Waals surface area contributed by atoms with E-state index in [9.17, 15) is 18.0 Å². The van der Waals surface area contributed by atoms with Gasteiger partial charge in [-0.15, -0.1) is 15.3 Å². The molecule has 0 N–H and O–H groups in total. The third kappa shape index (κ3) is 4.27. The first kappa shape index (κ1) is 22.1. The number of hydrogen-bond donors (Lipinski definition) is 0. The van der Waals surface area contributed by atoms with E-state index in [-0.39, 0.29) is 17.5 Å². The van der Waals surface area contributed by atoms with Crippen molar-refractivity contribution in [1.29, 1.82) is 0 Å². The fourth-order valence-corrected chi connectivity index (χ4v) is 4.48. The maximum absolute atomic E-state index is 13.2. The summed E-state index contributed by atoms with van der Waals surface area (Å²) in [5.41, 5.74) is 1.11. The molecule has 1 aliphatic heterocycles. The van der Waals surface area contributed by atoms with Crippen LogP contribution in [0.3, 0.4) is 0 Å². The Labute approximate surface area is 193 Å². The van der Waals surface area contributed by atoms with Gasteiger partial charge in [-0.2, -0.15) is 17.7 Å². The Bertz CT molecular complexity index is 1340. The van der Waals surface area contributed by atoms with Crippen LogP contribution in [0.25, 0.3) is 16.4 Å². The Morgan fingerprint density at radius 1 is 1.03 bits per heavy atom. The molecule has 0 atom stereocenters. The van der Waals surface area contributed by atoms with Crippen LogP contribution in [-0.2, 0) is 17.5 Å². The van der Waals surface area contributed by atoms with Crippen molar-refractivity contribution in [2.45, 2.75) is 25.6 Å². The first-order chi connectivity index (χ1) is 16.3. The lowest BCUT2D eigenvalue weighted by molar-refractivity contribution is -0.146. The largest absolute Gasteiger partial charge is 0.453 e. The van der Waals surface area contributed by atoms with Crippen LogP contribution in [0.4, 0.5) is 19.0 Å². The lowest BCUT2D eigenvalue weighted by Gasteiger charge is -2.33. The van der Waals surface area contributed by atoms with Gasteiger partial charge < -0.3 is 9.80 Å². The molecule has 34 heavy (non-hydrogen) atoms. The Morgan fingerprint density at radius 2 is 1.76 bits per heavy atom. The number of anilines is 1. The van der Waals surface area contributed by atoms with Gasteiger partial charge in [0.1, 0.15) is 5.82 Å². The van der Waals surface area contributed by atoms with Gasteiger partial charge in [-0.3, -0.25) is 4.79 Å². The summed E-state index contributed by atoms with van der Waals surface area (Å²) in [5, 5.41) is 13.2. The van der Waals surface area contributed by atoms with Gasteiger partial charge in [-0.1, -0.05) is 36.4 Å². The first-order valence-corrected chi connectivity index (χ1v) is 11.1. The molecule has 0 radical (unpaired) electrons. The number of carbonyl (C=O) groups excluding carboxylic acids is 1. The predicted octanol–water partition coefficient (Wildman–Crippen LogP) is 4.17. The number of fused-ring (bicyclic) bond motifs is 2. The van der Waals surface area contributed by atoms with Crippen LogP contribution < -0.4 is 4.90 Å². The third-order valence-corrected chi connectivity index (χ3v) is 6.28. The monoisotopic (exact) mass is 468 g/mol. The zero-order valence-electron chi connectivity index (χ0n) is 18.5. The Hall–Kier alpha value is -3.69. The van der Waals surface area contributed by atoms with E-state index >= 15 is 0 Å². The summed E-state index contributed by atoms with van der Waals surface area (Å²) in [7, 11) is 1.81. The number of nitrogens with zero attached hydrogens (tertiary/aromatic N) is 6. The second kappa shape index (κ2) is 8.58. The molecule has 1 aliphatic rings. The summed E-state index contributed by atoms with van der Waals surface area (Å²) >= 11 is 0. The Balaban J connectivity index is 1.23. The molecule has 10 heteroatoms. The minimum Gasteiger partial charge on any atom is -0.355 e. The topological polar surface area (TPSA) is 66.6 Å². The van der Waals surface area contributed by atoms with Gasteiger partial charge in [0, 0.05) is 32.6 Å². The maximum atomic E-state index is 13.2. The van der Waals surface area contributed by atoms with Crippen LogP contribution in [0.1, 0.15) is 24.2 Å². The smallest absolute Gasteiger partial charge is 0.355 e. The summed E-state index contributed by atoms with van der Waals surface area (Å²) in [5.74, 6) is -0.793. The highest BCUT2D eigenvalue weighted by Gasteiger charge is 2.38. The number of amides is 1. The number of rotatable bonds is 4. The zero-order valence-corrected chi connectivity index (χ0v) is 18.5. The highest BCUT2D eigenvalue weighted by molar-refractivity contribution is 5.83. The second-order valence-electron chi connectivity index (χ2n) is 8.62. The van der Waals surface area contributed by atoms with Gasteiger partial charge in [0.15, 0.2) is 5.65 Å². The molecule has 1 fully saturated rings. The summed E-state index contributed by atoms with van der Waals surface area (Å²) in [4.78, 5) is 16.7. The molecular weight excluding hydrogens is 445 g/mol. The maximum Gasteiger partial charge on any atom is 0.453 e. The van der Waals surface area contributed by atoms with E-state index in [1.807, 2.05) is 30.1 Å². The molecule has 5 rings (SSSR count). The molecule has 2 aromatic heterocycles. The summed E-state index contributed by atoms with van der Waals surface area (Å²) in [6.45, 7) is 1.58. The molecule has 0 saturated carbocycles. The average Bonchev–Trinajstić information content (AvgIpc) is 3.27. The molecule has 4 aromatic rings. The average molecular weight is 468 g/mol. The van der Waals surface area contributed by atoms with Gasteiger partial charge in [0.2, 0.25) is 5.91 Å². The van der Waals surface area contributed by atoms with Gasteiger partial charge >= 0.3 is 6.18 Å². The van der Waals surface area contributed by atoms with Gasteiger partial charge in [0.05, 0.1) is 0 Å². The fraction of sp³-hybridized carbons (Fsp3) is 0.333. The van der Waals surface area contributed by atoms with Crippen molar-refractivity contribution in [2.75, 3.05) is 25.0 Å². The van der Waals surface area contributed by atoms with Crippen LogP contribution >= 0.6 is 0 Å². The van der Waals surface area contributed by atoms with Crippen LogP contribution in [0.15, 0.2) is 54.6 Å². The third-order valence-electron chi connectivity index (χ3n) is 6.28. The normalized spacial score (nSPS) is 15.2. The van der Waals surface area contributed by atoms with E-state index < -0.39 is 12.0 Å². The number of hydrogen-bond acceptors (Lipinski definition) is 5. The van der Waals surface area contributed by atoms with E-state index in [1.54, 1.807) is 11.0 Å². The minimum absolute atomic E-state index is 0.0384. The number of piperidine rings is 1. The standard InChI is InChI=1S/C24H23F3N6O/c1-31(15-16-6-7-17-4-2-3-5-19(17)14-16)22(34)18-10-12-32(13-11-18)21-9-8-20-28-29-23(24(25,26)27)33(20)30-21/h2-9,14,18H,10-13,15H2,1H3. The molecule has 0 spiro atoms. The van der Waals surface area contributed by atoms with E-state index in [0.717, 1.165) is 20.9 Å². The summed E-state index contributed by atoms with van der Waals surface area (Å²) < 4.78 is 40.2. The van der Waals surface area contributed by atoms with Crippen molar-refractivity contribution >= 4 is 28.1 Å². The van der Waals surface area contributed by atoms with Gasteiger partial charge in [-0.05, 0) is 47.4 Å². The summed E-state index contributed by atoms with van der Waals surface area (Å²) in [6.07, 6.45) is -3.43. The van der Waals surface area contributed by atoms with E-state index in [2.05, 4.69) is 39.6 Å². The zero-order chi connectivity index (χ0) is 23.9. The Morgan fingerprint density at radius 3 is 2.50 bits per heavy atom. The lowest BCUT2D eigenvalue weighted by atomic mass is 9.95. The lowest BCUT2D eigenvalue weighted by Crippen LogP contribution is -2.41. The fourth-order valence-electron chi connectivity index (χ4n) is 4.48. The Kier molecular flexibility index (Phi) is 5.59. The van der Waals surface area contributed by atoms with Crippen molar-refractivity contribution in [2.24, 2.45) is 5.92 Å². The molecular formula is C24H23F3N6O. The van der Waals surface area contributed by atoms with E-state index in [0.29, 0.717) is 38.3 Å². The van der Waals surface area contributed by atoms with E-state index in [4.69, 9.17) is 0 Å². The molecule has 0 bridgehead atoms. The number of aromatic nitrogens is 4. The number of benzene rings is 2. The van der Waals surface area contributed by atoms with Gasteiger partial charge in [-0.25, -0.2) is 0 Å². The molecule has 1 amide bonds. The van der Waals surface area contributed by atoms with Crippen LogP contribution in [0, 0.1) is 5.92 Å². The second-order valence-corrected chi connectivity index (χ2v) is 8.62. The number of carbonyl (C=O) groups is 1. The summed E-state index contributed by atoms with van der Waals surface area (Å²) in [6, 6.07) is 17.4. The number of alkyl halides is 3. The highest BCUT2D eigenvalue weighted by Crippen LogP contribution is 2.29. The van der Waals surface area contributed by atoms with Crippen molar-refractivity contribution in [1.82, 2.24) is 24.7 Å². The first-order valence-electron chi connectivity index (χ1n) is 11.1. The number of halogens is 3. The molecule has 176 valence electrons. The molecule has 0 unspecified atom stereocenters. The van der Waals surface area contributed by atoms with Crippen LogP contribution in [0.5, 0.6) is 0 Å². The van der Waals surface area contributed by atoms with Crippen molar-refractivity contribution in [3.63, 3.8) is 0 Å². The SMILES string of the molecule is CN(Cc1ccc2ccccc2c1)C(=O)C1CCN(c2ccc3nnc(C(F)(F)F)n3n2)CC1. The van der Waals surface area contributed by atoms with Crippen molar-refractivity contribution in [3.05, 3.63) is 66.0 Å². The molecule has 3 heterocycles. The van der Waals surface area contributed by atoms with E-state index in [1.165, 1.54) is 6.07 Å². The molecule has 2 aromatic carbocycles. The van der Waals surface area contributed by atoms with Crippen LogP contribution in [-0.4, -0.2) is 50.8 Å². The quantitative estimate of drug-likeness (QED) is 0.450. The molecule has 7 nitrogen and oxygen atoms in total. The van der Waals surface area contributed by atoms with Gasteiger partial charge in [0.25, 0.3) is 5.82 Å². The predicted molar refractivity (Wildman–Crippen MR) is 121 cm³/mol. The van der Waals surface area contributed by atoms with Crippen LogP contribution in [0.2, 0.25) is 0 Å². The van der Waals surface area contributed by atoms with Crippen molar-refractivity contribution in [3.8, 4) is 0 Å².